The van der Waals surface area contributed by atoms with Crippen molar-refractivity contribution >= 4 is 18.0 Å². The highest BCUT2D eigenvalue weighted by Gasteiger charge is 1.97. The van der Waals surface area contributed by atoms with Gasteiger partial charge in [-0.15, -0.1) is 5.10 Å². The standard InChI is InChI=1S/C8H13N3OS/c1-2-13-5-3-4-11-6-8(7-12)9-10-11/h6-7H,2-5H2,1H3. The normalized spacial score (nSPS) is 10.2. The van der Waals surface area contributed by atoms with E-state index in [4.69, 9.17) is 0 Å². The number of hydrogen-bond acceptors (Lipinski definition) is 4. The minimum absolute atomic E-state index is 0.406. The van der Waals surface area contributed by atoms with Crippen LogP contribution in [0, 0.1) is 0 Å². The average molecular weight is 199 g/mol. The molecule has 1 heterocycles. The Morgan fingerprint density at radius 3 is 3.15 bits per heavy atom. The molecule has 1 rings (SSSR count). The molecule has 0 amide bonds. The summed E-state index contributed by atoms with van der Waals surface area (Å²) >= 11 is 1.91. The Hall–Kier alpha value is -0.840. The number of rotatable bonds is 6. The molecule has 0 aliphatic heterocycles. The molecule has 1 aromatic rings. The molecule has 0 aliphatic rings. The van der Waals surface area contributed by atoms with Gasteiger partial charge in [-0.05, 0) is 17.9 Å². The van der Waals surface area contributed by atoms with Gasteiger partial charge in [-0.1, -0.05) is 12.1 Å². The Bertz CT molecular complexity index is 262. The molecule has 4 nitrogen and oxygen atoms in total. The lowest BCUT2D eigenvalue weighted by atomic mass is 10.5. The SMILES string of the molecule is CCSCCCn1cc(C=O)nn1. The van der Waals surface area contributed by atoms with Crippen LogP contribution in [0.2, 0.25) is 0 Å². The van der Waals surface area contributed by atoms with Gasteiger partial charge in [0.05, 0.1) is 6.20 Å². The quantitative estimate of drug-likeness (QED) is 0.511. The number of aryl methyl sites for hydroxylation is 1. The van der Waals surface area contributed by atoms with Crippen LogP contribution in [-0.4, -0.2) is 32.8 Å². The van der Waals surface area contributed by atoms with Gasteiger partial charge < -0.3 is 0 Å². The fourth-order valence-electron chi connectivity index (χ4n) is 0.950. The van der Waals surface area contributed by atoms with Crippen LogP contribution in [-0.2, 0) is 6.54 Å². The van der Waals surface area contributed by atoms with Crippen LogP contribution in [0.1, 0.15) is 23.8 Å². The summed E-state index contributed by atoms with van der Waals surface area (Å²) < 4.78 is 1.71. The molecule has 0 saturated heterocycles. The van der Waals surface area contributed by atoms with E-state index in [2.05, 4.69) is 17.2 Å². The maximum atomic E-state index is 10.3. The fraction of sp³-hybridized carbons (Fsp3) is 0.625. The third-order valence-electron chi connectivity index (χ3n) is 1.56. The van der Waals surface area contributed by atoms with Crippen LogP contribution in [0.15, 0.2) is 6.20 Å². The van der Waals surface area contributed by atoms with E-state index < -0.39 is 0 Å². The molecule has 13 heavy (non-hydrogen) atoms. The average Bonchev–Trinajstić information content (AvgIpc) is 2.60. The van der Waals surface area contributed by atoms with Crippen molar-refractivity contribution in [3.8, 4) is 0 Å². The molecule has 0 bridgehead atoms. The Balaban J connectivity index is 2.24. The van der Waals surface area contributed by atoms with E-state index in [9.17, 15) is 4.79 Å². The molecule has 0 spiro atoms. The first kappa shape index (κ1) is 10.2. The molecule has 0 radical (unpaired) electrons. The van der Waals surface area contributed by atoms with Crippen LogP contribution >= 0.6 is 11.8 Å². The highest BCUT2D eigenvalue weighted by Crippen LogP contribution is 2.02. The summed E-state index contributed by atoms with van der Waals surface area (Å²) in [5.74, 6) is 2.28. The Labute approximate surface area is 81.7 Å². The molecule has 1 aromatic heterocycles. The number of hydrogen-bond donors (Lipinski definition) is 0. The van der Waals surface area contributed by atoms with E-state index in [1.165, 1.54) is 0 Å². The van der Waals surface area contributed by atoms with E-state index in [0.717, 1.165) is 24.5 Å². The highest BCUT2D eigenvalue weighted by atomic mass is 32.2. The summed E-state index contributed by atoms with van der Waals surface area (Å²) in [6.45, 7) is 2.98. The summed E-state index contributed by atoms with van der Waals surface area (Å²) in [6.07, 6.45) is 3.45. The molecule has 72 valence electrons. The number of carbonyl (C=O) groups excluding carboxylic acids is 1. The summed E-state index contributed by atoms with van der Waals surface area (Å²) in [6, 6.07) is 0. The van der Waals surface area contributed by atoms with E-state index in [1.807, 2.05) is 11.8 Å². The molecule has 0 fully saturated rings. The molecule has 0 saturated carbocycles. The third kappa shape index (κ3) is 3.59. The maximum absolute atomic E-state index is 10.3. The summed E-state index contributed by atoms with van der Waals surface area (Å²) in [5.41, 5.74) is 0.406. The minimum Gasteiger partial charge on any atom is -0.296 e. The number of nitrogens with zero attached hydrogens (tertiary/aromatic N) is 3. The van der Waals surface area contributed by atoms with Crippen LogP contribution in [0.25, 0.3) is 0 Å². The van der Waals surface area contributed by atoms with Crippen molar-refractivity contribution < 1.29 is 4.79 Å². The number of thioether (sulfide) groups is 1. The van der Waals surface area contributed by atoms with Gasteiger partial charge in [-0.3, -0.25) is 9.48 Å². The molecule has 0 atom stereocenters. The monoisotopic (exact) mass is 199 g/mol. The van der Waals surface area contributed by atoms with Gasteiger partial charge in [0.1, 0.15) is 5.69 Å². The first-order valence-electron chi connectivity index (χ1n) is 4.30. The first-order chi connectivity index (χ1) is 6.36. The molecular weight excluding hydrogens is 186 g/mol. The van der Waals surface area contributed by atoms with E-state index in [-0.39, 0.29) is 0 Å². The number of carbonyl (C=O) groups is 1. The van der Waals surface area contributed by atoms with Gasteiger partial charge in [0.2, 0.25) is 0 Å². The van der Waals surface area contributed by atoms with Gasteiger partial charge >= 0.3 is 0 Å². The van der Waals surface area contributed by atoms with Crippen molar-refractivity contribution in [3.05, 3.63) is 11.9 Å². The van der Waals surface area contributed by atoms with Gasteiger partial charge in [0, 0.05) is 6.54 Å². The Kier molecular flexibility index (Phi) is 4.53. The van der Waals surface area contributed by atoms with Gasteiger partial charge in [-0.2, -0.15) is 11.8 Å². The lowest BCUT2D eigenvalue weighted by molar-refractivity contribution is 0.111. The van der Waals surface area contributed by atoms with Crippen LogP contribution in [0.4, 0.5) is 0 Å². The predicted octanol–water partition coefficient (Wildman–Crippen LogP) is 1.23. The highest BCUT2D eigenvalue weighted by molar-refractivity contribution is 7.99. The first-order valence-corrected chi connectivity index (χ1v) is 5.45. The van der Waals surface area contributed by atoms with Crippen molar-refractivity contribution in [2.24, 2.45) is 0 Å². The van der Waals surface area contributed by atoms with Crippen molar-refractivity contribution in [1.82, 2.24) is 15.0 Å². The lowest BCUT2D eigenvalue weighted by Gasteiger charge is -1.98. The zero-order chi connectivity index (χ0) is 9.52. The molecular formula is C8H13N3OS. The smallest absolute Gasteiger partial charge is 0.171 e. The second kappa shape index (κ2) is 5.75. The summed E-state index contributed by atoms with van der Waals surface area (Å²) in [4.78, 5) is 10.3. The van der Waals surface area contributed by atoms with Crippen molar-refractivity contribution in [2.75, 3.05) is 11.5 Å². The summed E-state index contributed by atoms with van der Waals surface area (Å²) in [5, 5.41) is 7.48. The molecule has 5 heteroatoms. The fourth-order valence-corrected chi connectivity index (χ4v) is 1.57. The molecule has 0 aliphatic carbocycles. The van der Waals surface area contributed by atoms with E-state index in [1.54, 1.807) is 10.9 Å². The largest absolute Gasteiger partial charge is 0.296 e. The van der Waals surface area contributed by atoms with Crippen LogP contribution in [0.3, 0.4) is 0 Å². The zero-order valence-corrected chi connectivity index (χ0v) is 8.46. The Morgan fingerprint density at radius 2 is 2.54 bits per heavy atom. The topological polar surface area (TPSA) is 47.8 Å². The van der Waals surface area contributed by atoms with Crippen molar-refractivity contribution in [1.29, 1.82) is 0 Å². The number of aromatic nitrogens is 3. The third-order valence-corrected chi connectivity index (χ3v) is 2.54. The lowest BCUT2D eigenvalue weighted by Crippen LogP contribution is -1.99. The van der Waals surface area contributed by atoms with Crippen LogP contribution in [0.5, 0.6) is 0 Å². The van der Waals surface area contributed by atoms with Gasteiger partial charge in [-0.25, -0.2) is 0 Å². The van der Waals surface area contributed by atoms with Gasteiger partial charge in [0.15, 0.2) is 6.29 Å². The maximum Gasteiger partial charge on any atom is 0.171 e. The van der Waals surface area contributed by atoms with E-state index in [0.29, 0.717) is 12.0 Å². The zero-order valence-electron chi connectivity index (χ0n) is 7.64. The second-order valence-electron chi connectivity index (χ2n) is 2.57. The minimum atomic E-state index is 0.406. The summed E-state index contributed by atoms with van der Waals surface area (Å²) in [7, 11) is 0. The predicted molar refractivity (Wildman–Crippen MR) is 53.0 cm³/mol. The Morgan fingerprint density at radius 1 is 1.69 bits per heavy atom. The molecule has 0 aromatic carbocycles. The number of aldehydes is 1. The van der Waals surface area contributed by atoms with Crippen molar-refractivity contribution in [3.63, 3.8) is 0 Å². The molecule has 0 unspecified atom stereocenters. The molecule has 0 N–H and O–H groups in total. The second-order valence-corrected chi connectivity index (χ2v) is 3.97. The van der Waals surface area contributed by atoms with E-state index >= 15 is 0 Å². The van der Waals surface area contributed by atoms with Crippen molar-refractivity contribution in [2.45, 2.75) is 19.9 Å². The van der Waals surface area contributed by atoms with Crippen LogP contribution < -0.4 is 0 Å². The van der Waals surface area contributed by atoms with Gasteiger partial charge in [0.25, 0.3) is 0 Å².